The van der Waals surface area contributed by atoms with Crippen LogP contribution >= 0.6 is 0 Å². The van der Waals surface area contributed by atoms with Crippen LogP contribution in [-0.4, -0.2) is 44.6 Å². The van der Waals surface area contributed by atoms with Gasteiger partial charge in [-0.25, -0.2) is 4.98 Å². The molecule has 1 fully saturated rings. The van der Waals surface area contributed by atoms with Gasteiger partial charge in [-0.05, 0) is 19.3 Å². The summed E-state index contributed by atoms with van der Waals surface area (Å²) in [4.78, 5) is 42.4. The Bertz CT molecular complexity index is 549. The number of hydrogen-bond acceptors (Lipinski definition) is 4. The molecule has 1 saturated heterocycles. The molecule has 1 aromatic heterocycles. The van der Waals surface area contributed by atoms with Crippen molar-refractivity contribution in [1.82, 2.24) is 14.5 Å². The largest absolute Gasteiger partial charge is 0.324 e. The third kappa shape index (κ3) is 2.89. The average molecular weight is 291 g/mol. The molecule has 114 valence electrons. The molecule has 2 heterocycles. The highest BCUT2D eigenvalue weighted by atomic mass is 16.2. The molecular weight excluding hydrogens is 270 g/mol. The maximum Gasteiger partial charge on any atom is 0.291 e. The second-order valence-electron chi connectivity index (χ2n) is 6.03. The normalized spacial score (nSPS) is 18.8. The van der Waals surface area contributed by atoms with E-state index in [1.165, 1.54) is 22.0 Å². The van der Waals surface area contributed by atoms with Crippen LogP contribution in [0.15, 0.2) is 18.7 Å². The quantitative estimate of drug-likeness (QED) is 0.788. The Morgan fingerprint density at radius 3 is 2.62 bits per heavy atom. The Labute approximate surface area is 124 Å². The van der Waals surface area contributed by atoms with E-state index in [1.807, 2.05) is 6.92 Å². The van der Waals surface area contributed by atoms with Crippen LogP contribution < -0.4 is 0 Å². The van der Waals surface area contributed by atoms with Gasteiger partial charge >= 0.3 is 0 Å². The third-order valence-electron chi connectivity index (χ3n) is 4.25. The van der Waals surface area contributed by atoms with Gasteiger partial charge in [-0.3, -0.25) is 19.0 Å². The standard InChI is InChI=1S/C15H21N3O3/c1-4-15(2,3)12(19)14(21)18-8-5-6-11(18)13(20)17-9-7-16-10-17/h7,9-11H,4-6,8H2,1-3H3. The number of aromatic nitrogens is 2. The van der Waals surface area contributed by atoms with Crippen molar-refractivity contribution >= 4 is 17.6 Å². The van der Waals surface area contributed by atoms with Gasteiger partial charge in [0.1, 0.15) is 12.4 Å². The van der Waals surface area contributed by atoms with E-state index in [4.69, 9.17) is 0 Å². The van der Waals surface area contributed by atoms with Crippen molar-refractivity contribution in [2.24, 2.45) is 5.41 Å². The van der Waals surface area contributed by atoms with Crippen LogP contribution in [0, 0.1) is 5.41 Å². The minimum Gasteiger partial charge on any atom is -0.324 e. The Morgan fingerprint density at radius 1 is 1.33 bits per heavy atom. The summed E-state index contributed by atoms with van der Waals surface area (Å²) < 4.78 is 1.37. The molecule has 1 unspecified atom stereocenters. The number of carbonyl (C=O) groups is 3. The van der Waals surface area contributed by atoms with E-state index in [2.05, 4.69) is 4.98 Å². The smallest absolute Gasteiger partial charge is 0.291 e. The van der Waals surface area contributed by atoms with E-state index in [-0.39, 0.29) is 5.91 Å². The van der Waals surface area contributed by atoms with E-state index >= 15 is 0 Å². The molecule has 6 nitrogen and oxygen atoms in total. The third-order valence-corrected chi connectivity index (χ3v) is 4.25. The first-order chi connectivity index (χ1) is 9.88. The van der Waals surface area contributed by atoms with Gasteiger partial charge in [-0.15, -0.1) is 0 Å². The summed E-state index contributed by atoms with van der Waals surface area (Å²) in [5, 5.41) is 0. The molecule has 0 aliphatic carbocycles. The average Bonchev–Trinajstić information content (AvgIpc) is 3.15. The predicted octanol–water partition coefficient (Wildman–Crippen LogP) is 1.52. The fraction of sp³-hybridized carbons (Fsp3) is 0.600. The first-order valence-electron chi connectivity index (χ1n) is 7.26. The summed E-state index contributed by atoms with van der Waals surface area (Å²) in [5.74, 6) is -1.17. The minimum atomic E-state index is -0.692. The van der Waals surface area contributed by atoms with Crippen molar-refractivity contribution in [3.63, 3.8) is 0 Å². The summed E-state index contributed by atoms with van der Waals surface area (Å²) in [5.41, 5.74) is -0.692. The lowest BCUT2D eigenvalue weighted by atomic mass is 9.84. The van der Waals surface area contributed by atoms with Gasteiger partial charge in [0.25, 0.3) is 11.8 Å². The Kier molecular flexibility index (Phi) is 4.25. The van der Waals surface area contributed by atoms with Gasteiger partial charge in [0.05, 0.1) is 0 Å². The highest BCUT2D eigenvalue weighted by Gasteiger charge is 2.41. The number of ketones is 1. The number of rotatable bonds is 4. The number of hydrogen-bond donors (Lipinski definition) is 0. The van der Waals surface area contributed by atoms with Crippen molar-refractivity contribution in [1.29, 1.82) is 0 Å². The van der Waals surface area contributed by atoms with Crippen LogP contribution in [0.25, 0.3) is 0 Å². The molecule has 0 aromatic carbocycles. The molecule has 1 aliphatic rings. The van der Waals surface area contributed by atoms with E-state index in [0.29, 0.717) is 19.4 Å². The monoisotopic (exact) mass is 291 g/mol. The number of carbonyl (C=O) groups excluding carboxylic acids is 3. The lowest BCUT2D eigenvalue weighted by Crippen LogP contribution is -2.48. The van der Waals surface area contributed by atoms with E-state index in [1.54, 1.807) is 20.0 Å². The van der Waals surface area contributed by atoms with Crippen LogP contribution in [-0.2, 0) is 9.59 Å². The zero-order chi connectivity index (χ0) is 15.6. The van der Waals surface area contributed by atoms with Crippen molar-refractivity contribution < 1.29 is 14.4 Å². The number of nitrogens with zero attached hydrogens (tertiary/aromatic N) is 3. The summed E-state index contributed by atoms with van der Waals surface area (Å²) in [6, 6.07) is -0.566. The van der Waals surface area contributed by atoms with Gasteiger partial charge in [-0.1, -0.05) is 20.8 Å². The van der Waals surface area contributed by atoms with Gasteiger partial charge in [-0.2, -0.15) is 0 Å². The molecule has 0 radical (unpaired) electrons. The number of imidazole rings is 1. The molecule has 1 atom stereocenters. The molecule has 0 saturated carbocycles. The van der Waals surface area contributed by atoms with Gasteiger partial charge in [0.15, 0.2) is 0 Å². The summed E-state index contributed by atoms with van der Waals surface area (Å²) in [7, 11) is 0. The van der Waals surface area contributed by atoms with Gasteiger partial charge in [0.2, 0.25) is 5.78 Å². The number of likely N-dealkylation sites (tertiary alicyclic amines) is 1. The SMILES string of the molecule is CCC(C)(C)C(=O)C(=O)N1CCCC1C(=O)n1ccnc1. The topological polar surface area (TPSA) is 72.3 Å². The van der Waals surface area contributed by atoms with Crippen LogP contribution in [0.2, 0.25) is 0 Å². The number of amides is 1. The molecule has 21 heavy (non-hydrogen) atoms. The van der Waals surface area contributed by atoms with E-state index in [0.717, 1.165) is 6.42 Å². The van der Waals surface area contributed by atoms with Crippen molar-refractivity contribution in [3.8, 4) is 0 Å². The molecule has 1 aliphatic heterocycles. The van der Waals surface area contributed by atoms with Gasteiger partial charge in [0, 0.05) is 24.4 Å². The molecule has 0 N–H and O–H groups in total. The first kappa shape index (κ1) is 15.4. The fourth-order valence-corrected chi connectivity index (χ4v) is 2.41. The first-order valence-corrected chi connectivity index (χ1v) is 7.26. The second-order valence-corrected chi connectivity index (χ2v) is 6.03. The van der Waals surface area contributed by atoms with E-state index in [9.17, 15) is 14.4 Å². The highest BCUT2D eigenvalue weighted by molar-refractivity contribution is 6.38. The molecule has 2 rings (SSSR count). The van der Waals surface area contributed by atoms with Crippen LogP contribution in [0.5, 0.6) is 0 Å². The Hall–Kier alpha value is -1.98. The molecular formula is C15H21N3O3. The summed E-state index contributed by atoms with van der Waals surface area (Å²) in [6.45, 7) is 5.85. The Morgan fingerprint density at radius 2 is 2.05 bits per heavy atom. The molecule has 1 amide bonds. The fourth-order valence-electron chi connectivity index (χ4n) is 2.41. The van der Waals surface area contributed by atoms with Crippen LogP contribution in [0.3, 0.4) is 0 Å². The lowest BCUT2D eigenvalue weighted by molar-refractivity contribution is -0.149. The van der Waals surface area contributed by atoms with Gasteiger partial charge < -0.3 is 4.90 Å². The Balaban J connectivity index is 2.17. The van der Waals surface area contributed by atoms with Crippen molar-refractivity contribution in [2.45, 2.75) is 46.1 Å². The summed E-state index contributed by atoms with van der Waals surface area (Å²) in [6.07, 6.45) is 6.40. The zero-order valence-corrected chi connectivity index (χ0v) is 12.7. The van der Waals surface area contributed by atoms with Crippen LogP contribution in [0.4, 0.5) is 0 Å². The number of Topliss-reactive ketones (excluding diaryl/α,β-unsaturated/α-hetero) is 1. The molecule has 0 spiro atoms. The van der Waals surface area contributed by atoms with Crippen molar-refractivity contribution in [2.75, 3.05) is 6.54 Å². The maximum absolute atomic E-state index is 12.4. The minimum absolute atomic E-state index is 0.208. The van der Waals surface area contributed by atoms with Crippen LogP contribution in [0.1, 0.15) is 44.8 Å². The lowest BCUT2D eigenvalue weighted by Gasteiger charge is -2.27. The molecule has 0 bridgehead atoms. The van der Waals surface area contributed by atoms with Crippen molar-refractivity contribution in [3.05, 3.63) is 18.7 Å². The molecule has 6 heteroatoms. The summed E-state index contributed by atoms with van der Waals surface area (Å²) >= 11 is 0. The van der Waals surface area contributed by atoms with E-state index < -0.39 is 23.1 Å². The molecule has 1 aromatic rings. The zero-order valence-electron chi connectivity index (χ0n) is 12.7. The maximum atomic E-state index is 12.4. The predicted molar refractivity (Wildman–Crippen MR) is 76.7 cm³/mol. The highest BCUT2D eigenvalue weighted by Crippen LogP contribution is 2.26. The second kappa shape index (κ2) is 5.79.